The summed E-state index contributed by atoms with van der Waals surface area (Å²) in [5.74, 6) is 0. The largest absolute Gasteiger partial charge is 0.165 e. The van der Waals surface area contributed by atoms with Crippen LogP contribution in [-0.4, -0.2) is 5.43 Å². The third-order valence-corrected chi connectivity index (χ3v) is 4.23. The number of hydrogen-bond donors (Lipinski definition) is 0. The molecule has 0 nitrogen and oxygen atoms in total. The van der Waals surface area contributed by atoms with Gasteiger partial charge >= 0.3 is 41.9 Å². The molecule has 0 N–H and O–H groups in total. The molecule has 0 aromatic heterocycles. The molecule has 0 spiro atoms. The summed E-state index contributed by atoms with van der Waals surface area (Å²) in [5, 5.41) is 5.51. The first-order valence-electron chi connectivity index (χ1n) is 9.05. The Kier molecular flexibility index (Phi) is 9.95. The molecule has 4 aromatic rings. The van der Waals surface area contributed by atoms with E-state index in [-0.39, 0.29) is 17.8 Å². The molecule has 0 saturated carbocycles. The number of rotatable bonds is 0. The molecule has 3 heteroatoms. The van der Waals surface area contributed by atoms with Gasteiger partial charge in [0.1, 0.15) is 0 Å². The van der Waals surface area contributed by atoms with E-state index >= 15 is 0 Å². The van der Waals surface area contributed by atoms with Crippen LogP contribution in [0.2, 0.25) is 13.1 Å². The van der Waals surface area contributed by atoms with Crippen molar-refractivity contribution in [2.24, 2.45) is 0 Å². The van der Waals surface area contributed by atoms with Gasteiger partial charge in [-0.25, -0.2) is 0 Å². The SMILES string of the molecule is C[Si](C)=[Zr+2].Cc1cc2c(C)cccc2[cH-]1.Cc1cc2c(C)cccc2[cH-]1.Cl. The third-order valence-electron chi connectivity index (χ3n) is 4.23. The van der Waals surface area contributed by atoms with Crippen molar-refractivity contribution >= 4 is 39.4 Å². The van der Waals surface area contributed by atoms with E-state index in [1.54, 1.807) is 23.3 Å². The summed E-state index contributed by atoms with van der Waals surface area (Å²) in [6.45, 7) is 13.2. The number of hydrogen-bond acceptors (Lipinski definition) is 0. The van der Waals surface area contributed by atoms with Crippen molar-refractivity contribution in [1.82, 2.24) is 0 Å². The van der Waals surface area contributed by atoms with Crippen LogP contribution in [0.3, 0.4) is 0 Å². The molecule has 0 aliphatic rings. The summed E-state index contributed by atoms with van der Waals surface area (Å²) >= 11 is 1.74. The number of aryl methyl sites for hydroxylation is 4. The van der Waals surface area contributed by atoms with Crippen molar-refractivity contribution in [1.29, 1.82) is 0 Å². The van der Waals surface area contributed by atoms with E-state index < -0.39 is 0 Å². The van der Waals surface area contributed by atoms with E-state index in [1.165, 1.54) is 43.8 Å². The second-order valence-corrected chi connectivity index (χ2v) is 16.6. The van der Waals surface area contributed by atoms with Crippen molar-refractivity contribution in [3.05, 3.63) is 82.9 Å². The molecule has 0 heterocycles. The average molecular weight is 472 g/mol. The Balaban J connectivity index is 0.000000220. The first kappa shape index (κ1) is 24.1. The molecule has 0 aliphatic heterocycles. The van der Waals surface area contributed by atoms with Crippen molar-refractivity contribution in [3.8, 4) is 0 Å². The van der Waals surface area contributed by atoms with E-state index in [1.807, 2.05) is 0 Å². The van der Waals surface area contributed by atoms with Gasteiger partial charge in [-0.3, -0.25) is 0 Å². The number of fused-ring (bicyclic) bond motifs is 2. The van der Waals surface area contributed by atoms with E-state index in [9.17, 15) is 0 Å². The van der Waals surface area contributed by atoms with Gasteiger partial charge in [0.25, 0.3) is 0 Å². The minimum absolute atomic E-state index is 0. The summed E-state index contributed by atoms with van der Waals surface area (Å²) in [6.07, 6.45) is 0. The summed E-state index contributed by atoms with van der Waals surface area (Å²) in [4.78, 5) is 0. The zero-order valence-corrected chi connectivity index (χ0v) is 21.5. The quantitative estimate of drug-likeness (QED) is 0.183. The molecule has 0 aliphatic carbocycles. The Bertz CT molecular complexity index is 941. The molecule has 140 valence electrons. The molecule has 0 radical (unpaired) electrons. The molecular weight excluding hydrogens is 443 g/mol. The van der Waals surface area contributed by atoms with Crippen LogP contribution < -0.4 is 0 Å². The van der Waals surface area contributed by atoms with E-state index in [0.717, 1.165) is 0 Å². The molecule has 0 bridgehead atoms. The zero-order chi connectivity index (χ0) is 19.3. The van der Waals surface area contributed by atoms with Crippen LogP contribution in [0.15, 0.2) is 60.7 Å². The van der Waals surface area contributed by atoms with Gasteiger partial charge < -0.3 is 0 Å². The molecular formula is C24H29ClSiZr. The van der Waals surface area contributed by atoms with E-state index in [4.69, 9.17) is 0 Å². The maximum absolute atomic E-state index is 2.31. The topological polar surface area (TPSA) is 0 Å². The fourth-order valence-corrected chi connectivity index (χ4v) is 3.08. The summed E-state index contributed by atoms with van der Waals surface area (Å²) in [6, 6.07) is 21.8. The fraction of sp³-hybridized carbons (Fsp3) is 0.250. The summed E-state index contributed by atoms with van der Waals surface area (Å²) < 4.78 is 0. The molecule has 0 amide bonds. The van der Waals surface area contributed by atoms with Crippen molar-refractivity contribution in [2.45, 2.75) is 40.8 Å². The second-order valence-electron chi connectivity index (χ2n) is 7.22. The van der Waals surface area contributed by atoms with Gasteiger partial charge in [-0.1, -0.05) is 37.1 Å². The molecule has 0 fully saturated rings. The van der Waals surface area contributed by atoms with Crippen LogP contribution in [-0.2, 0) is 23.3 Å². The molecule has 0 atom stereocenters. The van der Waals surface area contributed by atoms with Gasteiger partial charge in [-0.2, -0.15) is 12.1 Å². The Morgan fingerprint density at radius 2 is 1.04 bits per heavy atom. The van der Waals surface area contributed by atoms with Crippen LogP contribution in [0, 0.1) is 27.7 Å². The van der Waals surface area contributed by atoms with E-state index in [0.29, 0.717) is 0 Å². The Morgan fingerprint density at radius 1 is 0.704 bits per heavy atom. The standard InChI is InChI=1S/2C11H11.C2H6Si.ClH.Zr/c2*1-8-6-10-5-3-4-9(2)11(10)7-8;1-3-2;;/h2*3-7H,1-2H3;1-2H3;1H;/q2*-1;;;+2. The Labute approximate surface area is 185 Å². The van der Waals surface area contributed by atoms with Crippen LogP contribution >= 0.6 is 12.4 Å². The minimum atomic E-state index is 0. The minimum Gasteiger partial charge on any atom is -0.165 e. The number of benzene rings is 2. The third kappa shape index (κ3) is 7.18. The van der Waals surface area contributed by atoms with Crippen LogP contribution in [0.4, 0.5) is 0 Å². The van der Waals surface area contributed by atoms with Gasteiger partial charge in [0.15, 0.2) is 0 Å². The van der Waals surface area contributed by atoms with Gasteiger partial charge in [-0.05, 0) is 13.8 Å². The first-order valence-corrected chi connectivity index (χ1v) is 15.2. The molecule has 0 saturated heterocycles. The van der Waals surface area contributed by atoms with Crippen LogP contribution in [0.25, 0.3) is 21.5 Å². The maximum Gasteiger partial charge on any atom is -0.0488 e. The van der Waals surface area contributed by atoms with Crippen molar-refractivity contribution in [2.75, 3.05) is 0 Å². The van der Waals surface area contributed by atoms with Crippen LogP contribution in [0.5, 0.6) is 0 Å². The first-order chi connectivity index (χ1) is 12.3. The van der Waals surface area contributed by atoms with Crippen molar-refractivity contribution < 1.29 is 23.3 Å². The summed E-state index contributed by atoms with van der Waals surface area (Å²) in [5.41, 5.74) is 5.66. The monoisotopic (exact) mass is 470 g/mol. The van der Waals surface area contributed by atoms with Gasteiger partial charge in [0.05, 0.1) is 0 Å². The molecule has 4 aromatic carbocycles. The average Bonchev–Trinajstić information content (AvgIpc) is 3.11. The fourth-order valence-electron chi connectivity index (χ4n) is 3.08. The Morgan fingerprint density at radius 3 is 1.33 bits per heavy atom. The maximum atomic E-state index is 2.31. The normalized spacial score (nSPS) is 9.78. The van der Waals surface area contributed by atoms with Crippen LogP contribution in [0.1, 0.15) is 22.3 Å². The van der Waals surface area contributed by atoms with Gasteiger partial charge in [0.2, 0.25) is 0 Å². The van der Waals surface area contributed by atoms with Gasteiger partial charge in [0, 0.05) is 0 Å². The molecule has 0 unspecified atom stereocenters. The number of halogens is 1. The van der Waals surface area contributed by atoms with Gasteiger partial charge in [-0.15, -0.1) is 81.5 Å². The predicted molar refractivity (Wildman–Crippen MR) is 123 cm³/mol. The second kappa shape index (κ2) is 11.1. The summed E-state index contributed by atoms with van der Waals surface area (Å²) in [7, 11) is 0. The molecule has 4 rings (SSSR count). The molecule has 27 heavy (non-hydrogen) atoms. The zero-order valence-electron chi connectivity index (χ0n) is 17.2. The van der Waals surface area contributed by atoms with E-state index in [2.05, 4.69) is 101 Å². The van der Waals surface area contributed by atoms with Crippen molar-refractivity contribution in [3.63, 3.8) is 0 Å². The Hall–Kier alpha value is -0.950. The predicted octanol–water partition coefficient (Wildman–Crippen LogP) is 7.56. The smallest absolute Gasteiger partial charge is 0.0488 e.